The van der Waals surface area contributed by atoms with Crippen LogP contribution in [-0.2, 0) is 19.0 Å². The summed E-state index contributed by atoms with van der Waals surface area (Å²) in [6, 6.07) is 0. The van der Waals surface area contributed by atoms with Crippen molar-refractivity contribution in [1.82, 2.24) is 0 Å². The zero-order valence-electron chi connectivity index (χ0n) is 9.45. The van der Waals surface area contributed by atoms with E-state index in [9.17, 15) is 4.79 Å². The Labute approximate surface area is 91.2 Å². The topological polar surface area (TPSA) is 44.8 Å². The van der Waals surface area contributed by atoms with Crippen LogP contribution in [0.1, 0.15) is 19.3 Å². The number of hydrogen-bond donors (Lipinski definition) is 0. The Hall–Kier alpha value is -0.870. The smallest absolute Gasteiger partial charge is 0.330 e. The lowest BCUT2D eigenvalue weighted by Gasteiger charge is -2.29. The number of rotatable bonds is 8. The summed E-state index contributed by atoms with van der Waals surface area (Å²) in [5.41, 5.74) is 0. The molecule has 1 radical (unpaired) electrons. The summed E-state index contributed by atoms with van der Waals surface area (Å²) in [5, 5.41) is 0. The summed E-state index contributed by atoms with van der Waals surface area (Å²) in [5.74, 6) is -1.08. The first-order valence-electron chi connectivity index (χ1n) is 4.83. The van der Waals surface area contributed by atoms with Gasteiger partial charge in [0.1, 0.15) is 0 Å². The quantitative estimate of drug-likeness (QED) is 0.267. The molecule has 0 rings (SSSR count). The van der Waals surface area contributed by atoms with Crippen LogP contribution in [-0.4, -0.2) is 32.6 Å². The number of methoxy groups -OCH3 is 2. The highest BCUT2D eigenvalue weighted by atomic mass is 16.7. The van der Waals surface area contributed by atoms with Crippen molar-refractivity contribution in [3.8, 4) is 0 Å². The predicted molar refractivity (Wildman–Crippen MR) is 57.1 cm³/mol. The zero-order valence-corrected chi connectivity index (χ0v) is 9.45. The van der Waals surface area contributed by atoms with Gasteiger partial charge in [0.2, 0.25) is 0 Å². The fourth-order valence-electron chi connectivity index (χ4n) is 1.19. The average Bonchev–Trinajstić information content (AvgIpc) is 2.30. The highest BCUT2D eigenvalue weighted by Gasteiger charge is 2.26. The molecule has 0 heterocycles. The van der Waals surface area contributed by atoms with Crippen LogP contribution in [0.4, 0.5) is 0 Å². The molecule has 15 heavy (non-hydrogen) atoms. The van der Waals surface area contributed by atoms with Crippen LogP contribution in [0, 0.1) is 6.92 Å². The van der Waals surface area contributed by atoms with Crippen molar-refractivity contribution in [3.05, 3.63) is 19.6 Å². The van der Waals surface area contributed by atoms with Gasteiger partial charge in [-0.15, -0.1) is 0 Å². The number of hydrogen-bond acceptors (Lipinski definition) is 4. The van der Waals surface area contributed by atoms with E-state index in [4.69, 9.17) is 14.2 Å². The van der Waals surface area contributed by atoms with Crippen molar-refractivity contribution in [2.75, 3.05) is 20.8 Å². The Morgan fingerprint density at radius 1 is 1.40 bits per heavy atom. The van der Waals surface area contributed by atoms with Crippen LogP contribution in [0.15, 0.2) is 12.7 Å². The minimum atomic E-state index is -0.666. The summed E-state index contributed by atoms with van der Waals surface area (Å²) in [4.78, 5) is 10.7. The SMILES string of the molecule is [CH2]CC(CCCOC(=O)C=C)(OC)OC. The molecule has 0 saturated carbocycles. The second-order valence-corrected chi connectivity index (χ2v) is 3.04. The Morgan fingerprint density at radius 2 is 2.00 bits per heavy atom. The molecule has 4 nitrogen and oxygen atoms in total. The Balaban J connectivity index is 3.81. The van der Waals surface area contributed by atoms with Crippen LogP contribution in [0.3, 0.4) is 0 Å². The number of esters is 1. The summed E-state index contributed by atoms with van der Waals surface area (Å²) in [7, 11) is 3.15. The Morgan fingerprint density at radius 3 is 2.40 bits per heavy atom. The molecule has 0 aliphatic heterocycles. The molecule has 0 bridgehead atoms. The van der Waals surface area contributed by atoms with Crippen molar-refractivity contribution in [3.63, 3.8) is 0 Å². The Bertz CT molecular complexity index is 188. The molecule has 0 N–H and O–H groups in total. The van der Waals surface area contributed by atoms with E-state index in [0.29, 0.717) is 25.9 Å². The first-order chi connectivity index (χ1) is 7.14. The van der Waals surface area contributed by atoms with E-state index < -0.39 is 11.8 Å². The molecule has 0 aromatic heterocycles. The summed E-state index contributed by atoms with van der Waals surface area (Å²) in [6.45, 7) is 7.39. The minimum absolute atomic E-state index is 0.333. The van der Waals surface area contributed by atoms with E-state index in [0.717, 1.165) is 6.08 Å². The molecule has 0 saturated heterocycles. The molecular weight excluding hydrogens is 196 g/mol. The van der Waals surface area contributed by atoms with Crippen LogP contribution >= 0.6 is 0 Å². The van der Waals surface area contributed by atoms with Gasteiger partial charge in [-0.3, -0.25) is 0 Å². The average molecular weight is 215 g/mol. The second-order valence-electron chi connectivity index (χ2n) is 3.04. The lowest BCUT2D eigenvalue weighted by molar-refractivity contribution is -0.210. The van der Waals surface area contributed by atoms with Gasteiger partial charge in [-0.25, -0.2) is 4.79 Å². The van der Waals surface area contributed by atoms with Crippen molar-refractivity contribution >= 4 is 5.97 Å². The van der Waals surface area contributed by atoms with Gasteiger partial charge in [-0.2, -0.15) is 0 Å². The lowest BCUT2D eigenvalue weighted by Crippen LogP contribution is -2.33. The van der Waals surface area contributed by atoms with E-state index in [1.54, 1.807) is 14.2 Å². The molecular formula is C11H19O4. The van der Waals surface area contributed by atoms with E-state index in [1.165, 1.54) is 0 Å². The summed E-state index contributed by atoms with van der Waals surface area (Å²) < 4.78 is 15.3. The van der Waals surface area contributed by atoms with Gasteiger partial charge in [0, 0.05) is 33.1 Å². The third-order valence-corrected chi connectivity index (χ3v) is 2.24. The van der Waals surface area contributed by atoms with E-state index in [2.05, 4.69) is 13.5 Å². The van der Waals surface area contributed by atoms with Gasteiger partial charge in [-0.05, 0) is 13.3 Å². The molecule has 0 aliphatic rings. The van der Waals surface area contributed by atoms with E-state index >= 15 is 0 Å². The normalized spacial score (nSPS) is 11.1. The monoisotopic (exact) mass is 215 g/mol. The number of carbonyl (C=O) groups is 1. The molecule has 0 unspecified atom stereocenters. The van der Waals surface area contributed by atoms with Gasteiger partial charge in [-0.1, -0.05) is 6.58 Å². The van der Waals surface area contributed by atoms with E-state index in [1.807, 2.05) is 0 Å². The number of carbonyl (C=O) groups excluding carboxylic acids is 1. The van der Waals surface area contributed by atoms with E-state index in [-0.39, 0.29) is 0 Å². The molecule has 0 spiro atoms. The Kier molecular flexibility index (Phi) is 6.99. The van der Waals surface area contributed by atoms with Crippen LogP contribution in [0.2, 0.25) is 0 Å². The molecule has 0 aliphatic carbocycles. The maximum absolute atomic E-state index is 10.7. The molecule has 0 fully saturated rings. The predicted octanol–water partition coefficient (Wildman–Crippen LogP) is 1.71. The van der Waals surface area contributed by atoms with Gasteiger partial charge in [0.25, 0.3) is 0 Å². The summed E-state index contributed by atoms with van der Waals surface area (Å²) in [6.07, 6.45) is 2.95. The van der Waals surface area contributed by atoms with Crippen molar-refractivity contribution < 1.29 is 19.0 Å². The van der Waals surface area contributed by atoms with Gasteiger partial charge in [0.15, 0.2) is 5.79 Å². The first kappa shape index (κ1) is 14.1. The fourth-order valence-corrected chi connectivity index (χ4v) is 1.19. The maximum Gasteiger partial charge on any atom is 0.330 e. The third kappa shape index (κ3) is 4.95. The fraction of sp³-hybridized carbons (Fsp3) is 0.636. The van der Waals surface area contributed by atoms with Crippen molar-refractivity contribution in [1.29, 1.82) is 0 Å². The van der Waals surface area contributed by atoms with Crippen LogP contribution < -0.4 is 0 Å². The van der Waals surface area contributed by atoms with Crippen molar-refractivity contribution in [2.45, 2.75) is 25.0 Å². The first-order valence-corrected chi connectivity index (χ1v) is 4.83. The second kappa shape index (κ2) is 7.43. The largest absolute Gasteiger partial charge is 0.463 e. The molecule has 4 heteroatoms. The highest BCUT2D eigenvalue weighted by Crippen LogP contribution is 2.21. The van der Waals surface area contributed by atoms with Gasteiger partial charge >= 0.3 is 5.97 Å². The molecule has 0 amide bonds. The third-order valence-electron chi connectivity index (χ3n) is 2.24. The molecule has 0 aromatic carbocycles. The van der Waals surface area contributed by atoms with Crippen LogP contribution in [0.5, 0.6) is 0 Å². The van der Waals surface area contributed by atoms with Crippen molar-refractivity contribution in [2.24, 2.45) is 0 Å². The maximum atomic E-state index is 10.7. The molecule has 87 valence electrons. The molecule has 0 atom stereocenters. The van der Waals surface area contributed by atoms with Gasteiger partial charge in [0.05, 0.1) is 6.61 Å². The number of ether oxygens (including phenoxy) is 3. The highest BCUT2D eigenvalue weighted by molar-refractivity contribution is 5.81. The zero-order chi connectivity index (χ0) is 11.7. The van der Waals surface area contributed by atoms with Crippen LogP contribution in [0.25, 0.3) is 0 Å². The van der Waals surface area contributed by atoms with Gasteiger partial charge < -0.3 is 14.2 Å². The lowest BCUT2D eigenvalue weighted by atomic mass is 10.1. The molecule has 0 aromatic rings. The minimum Gasteiger partial charge on any atom is -0.463 e. The standard InChI is InChI=1S/C11H19O4/c1-5-10(12)15-9-7-8-11(6-2,13-3)14-4/h5H,1-2,6-9H2,3-4H3. The summed E-state index contributed by atoms with van der Waals surface area (Å²) >= 11 is 0.